The Balaban J connectivity index is 2.06. The second-order valence-corrected chi connectivity index (χ2v) is 8.54. The molecule has 0 N–H and O–H groups in total. The zero-order valence-corrected chi connectivity index (χ0v) is 15.4. The van der Waals surface area contributed by atoms with Gasteiger partial charge in [-0.15, -0.1) is 22.7 Å². The topological polar surface area (TPSA) is 0 Å². The quantitative estimate of drug-likeness (QED) is 0.402. The maximum atomic E-state index is 5.67. The summed E-state index contributed by atoms with van der Waals surface area (Å²) in [5, 5.41) is 0. The molecular weight excluding hydrogens is 365 g/mol. The van der Waals surface area contributed by atoms with Crippen molar-refractivity contribution in [3.05, 3.63) is 84.7 Å². The minimum Gasteiger partial charge on any atom is -0.111 e. The van der Waals surface area contributed by atoms with E-state index in [9.17, 15) is 0 Å². The zero-order chi connectivity index (χ0) is 15.5. The fraction of sp³-hybridized carbons (Fsp3) is 0. The molecule has 0 nitrogen and oxygen atoms in total. The summed E-state index contributed by atoms with van der Waals surface area (Å²) in [4.78, 5) is 3.63. The monoisotopic (exact) mass is 374 g/mol. The van der Waals surface area contributed by atoms with E-state index in [1.165, 1.54) is 0 Å². The predicted octanol–water partition coefficient (Wildman–Crippen LogP) is 6.07. The van der Waals surface area contributed by atoms with Gasteiger partial charge in [0.2, 0.25) is 0 Å². The van der Waals surface area contributed by atoms with Crippen LogP contribution in [-0.2, 0) is 0 Å². The average molecular weight is 375 g/mol. The zero-order valence-electron chi connectivity index (χ0n) is 11.3. The van der Waals surface area contributed by atoms with Crippen LogP contribution in [0.25, 0.3) is 0 Å². The van der Waals surface area contributed by atoms with Gasteiger partial charge in [-0.25, -0.2) is 0 Å². The number of thiocarbonyl (C=S) groups is 2. The highest BCUT2D eigenvalue weighted by molar-refractivity contribution is 7.83. The molecule has 0 atom stereocenters. The van der Waals surface area contributed by atoms with Gasteiger partial charge in [-0.05, 0) is 11.1 Å². The third kappa shape index (κ3) is 3.29. The maximum absolute atomic E-state index is 5.67. The molecule has 3 rings (SSSR count). The Labute approximate surface area is 153 Å². The molecule has 0 saturated heterocycles. The second-order valence-electron chi connectivity index (χ2n) is 4.50. The van der Waals surface area contributed by atoms with Crippen molar-refractivity contribution >= 4 is 69.1 Å². The van der Waals surface area contributed by atoms with Crippen molar-refractivity contribution in [3.8, 4) is 0 Å². The van der Waals surface area contributed by atoms with Crippen molar-refractivity contribution in [2.45, 2.75) is 0 Å². The van der Waals surface area contributed by atoms with Crippen molar-refractivity contribution in [1.29, 1.82) is 0 Å². The van der Waals surface area contributed by atoms with Crippen LogP contribution in [0.3, 0.4) is 0 Å². The van der Waals surface area contributed by atoms with Crippen LogP contribution in [0, 0.1) is 3.14 Å². The summed E-state index contributed by atoms with van der Waals surface area (Å²) in [7, 11) is 0. The maximum Gasteiger partial charge on any atom is 0.144 e. The van der Waals surface area contributed by atoms with Crippen LogP contribution in [0.15, 0.2) is 60.7 Å². The summed E-state index contributed by atoms with van der Waals surface area (Å²) in [6.07, 6.45) is 0. The van der Waals surface area contributed by atoms with Gasteiger partial charge in [0.05, 0.1) is 19.5 Å². The highest BCUT2D eigenvalue weighted by Crippen LogP contribution is 2.30. The Kier molecular flexibility index (Phi) is 5.00. The molecule has 0 bridgehead atoms. The largest absolute Gasteiger partial charge is 0.144 e. The minimum absolute atomic E-state index is 0.811. The van der Waals surface area contributed by atoms with E-state index < -0.39 is 0 Å². The third-order valence-corrected chi connectivity index (χ3v) is 6.89. The molecule has 22 heavy (non-hydrogen) atoms. The Hall–Kier alpha value is -1.11. The lowest BCUT2D eigenvalue weighted by molar-refractivity contribution is 1.66. The first-order chi connectivity index (χ1) is 10.7. The molecule has 0 unspecified atom stereocenters. The molecule has 3 aromatic rings. The molecule has 108 valence electrons. The summed E-state index contributed by atoms with van der Waals surface area (Å²) < 4.78 is 0.849. The van der Waals surface area contributed by atoms with Crippen LogP contribution in [0.5, 0.6) is 0 Å². The highest BCUT2D eigenvalue weighted by atomic mass is 32.2. The Morgan fingerprint density at radius 3 is 1.36 bits per heavy atom. The fourth-order valence-corrected chi connectivity index (χ4v) is 5.44. The molecular formula is C17H10S5. The average Bonchev–Trinajstić information content (AvgIpc) is 2.97. The van der Waals surface area contributed by atoms with E-state index in [-0.39, 0.29) is 0 Å². The second kappa shape index (κ2) is 6.98. The number of benzene rings is 2. The van der Waals surface area contributed by atoms with Crippen molar-refractivity contribution in [3.63, 3.8) is 0 Å². The molecule has 0 amide bonds. The lowest BCUT2D eigenvalue weighted by atomic mass is 10.1. The standard InChI is InChI=1S/C17H10S5/c18-13(11-7-3-1-4-8-11)15-16(22-17(20)21-15)14(19)12-9-5-2-6-10-12/h1-10H. The first-order valence-corrected chi connectivity index (χ1v) is 9.36. The number of rotatable bonds is 4. The van der Waals surface area contributed by atoms with Gasteiger partial charge >= 0.3 is 0 Å². The summed E-state index contributed by atoms with van der Waals surface area (Å²) in [6, 6.07) is 20.0. The van der Waals surface area contributed by atoms with Crippen molar-refractivity contribution in [2.75, 3.05) is 0 Å². The molecule has 0 fully saturated rings. The van der Waals surface area contributed by atoms with Gasteiger partial charge in [0.1, 0.15) is 3.14 Å². The predicted molar refractivity (Wildman–Crippen MR) is 108 cm³/mol. The molecule has 0 aliphatic heterocycles. The first kappa shape index (κ1) is 15.8. The van der Waals surface area contributed by atoms with E-state index in [4.69, 9.17) is 36.7 Å². The summed E-state index contributed by atoms with van der Waals surface area (Å²) in [5.74, 6) is 0. The first-order valence-electron chi connectivity index (χ1n) is 6.50. The normalized spacial score (nSPS) is 10.4. The van der Waals surface area contributed by atoms with Gasteiger partial charge in [-0.3, -0.25) is 0 Å². The van der Waals surface area contributed by atoms with Crippen molar-refractivity contribution in [1.82, 2.24) is 0 Å². The molecule has 5 heteroatoms. The Bertz CT molecular complexity index is 800. The van der Waals surface area contributed by atoms with E-state index in [2.05, 4.69) is 0 Å². The van der Waals surface area contributed by atoms with Gasteiger partial charge in [0, 0.05) is 0 Å². The van der Waals surface area contributed by atoms with Crippen LogP contribution >= 0.6 is 59.3 Å². The van der Waals surface area contributed by atoms with E-state index >= 15 is 0 Å². The molecule has 1 aromatic heterocycles. The molecule has 0 radical (unpaired) electrons. The highest BCUT2D eigenvalue weighted by Gasteiger charge is 2.18. The van der Waals surface area contributed by atoms with Crippen LogP contribution < -0.4 is 0 Å². The molecule has 0 saturated carbocycles. The molecule has 0 aliphatic carbocycles. The van der Waals surface area contributed by atoms with Gasteiger partial charge in [0.15, 0.2) is 0 Å². The van der Waals surface area contributed by atoms with Crippen LogP contribution in [0.4, 0.5) is 0 Å². The van der Waals surface area contributed by atoms with Gasteiger partial charge in [-0.2, -0.15) is 0 Å². The van der Waals surface area contributed by atoms with Crippen molar-refractivity contribution in [2.24, 2.45) is 0 Å². The van der Waals surface area contributed by atoms with E-state index in [1.807, 2.05) is 60.7 Å². The fourth-order valence-electron chi connectivity index (χ4n) is 2.02. The summed E-state index contributed by atoms with van der Waals surface area (Å²) in [6.45, 7) is 0. The van der Waals surface area contributed by atoms with Gasteiger partial charge in [0.25, 0.3) is 0 Å². The summed E-state index contributed by atoms with van der Waals surface area (Å²) >= 11 is 19.8. The van der Waals surface area contributed by atoms with E-state index in [1.54, 1.807) is 22.7 Å². The lowest BCUT2D eigenvalue weighted by Crippen LogP contribution is -2.05. The number of hydrogen-bond acceptors (Lipinski definition) is 5. The Morgan fingerprint density at radius 2 is 1.00 bits per heavy atom. The molecule has 0 aliphatic rings. The Morgan fingerprint density at radius 1 is 0.636 bits per heavy atom. The lowest BCUT2D eigenvalue weighted by Gasteiger charge is -2.06. The van der Waals surface area contributed by atoms with Gasteiger partial charge < -0.3 is 0 Å². The van der Waals surface area contributed by atoms with Crippen LogP contribution in [0.2, 0.25) is 0 Å². The third-order valence-electron chi connectivity index (χ3n) is 3.06. The minimum atomic E-state index is 0.811. The molecule has 2 aromatic carbocycles. The molecule has 1 heterocycles. The van der Waals surface area contributed by atoms with Crippen molar-refractivity contribution < 1.29 is 0 Å². The van der Waals surface area contributed by atoms with E-state index in [0.717, 1.165) is 33.7 Å². The molecule has 0 spiro atoms. The summed E-state index contributed by atoms with van der Waals surface area (Å²) in [5.41, 5.74) is 2.05. The van der Waals surface area contributed by atoms with Crippen LogP contribution in [0.1, 0.15) is 20.9 Å². The number of hydrogen-bond donors (Lipinski definition) is 0. The smallest absolute Gasteiger partial charge is 0.111 e. The SMILES string of the molecule is S=C(c1ccccc1)c1sc(=S)sc1C(=S)c1ccccc1. The van der Waals surface area contributed by atoms with Gasteiger partial charge in [-0.1, -0.05) is 97.3 Å². The van der Waals surface area contributed by atoms with Crippen LogP contribution in [-0.4, -0.2) is 9.73 Å². The van der Waals surface area contributed by atoms with E-state index in [0.29, 0.717) is 0 Å².